The minimum Gasteiger partial charge on any atom is -0.376 e. The molecule has 1 aliphatic carbocycles. The van der Waals surface area contributed by atoms with E-state index in [1.807, 2.05) is 18.3 Å². The first-order chi connectivity index (χ1) is 12.0. The van der Waals surface area contributed by atoms with Crippen LogP contribution in [0.4, 0.5) is 5.95 Å². The summed E-state index contributed by atoms with van der Waals surface area (Å²) in [7, 11) is 0. The Hall–Kier alpha value is -1.88. The predicted molar refractivity (Wildman–Crippen MR) is 101 cm³/mol. The molecule has 1 saturated carbocycles. The van der Waals surface area contributed by atoms with Gasteiger partial charge in [-0.15, -0.1) is 0 Å². The molecule has 1 saturated heterocycles. The fourth-order valence-corrected chi connectivity index (χ4v) is 4.10. The van der Waals surface area contributed by atoms with Crippen LogP contribution in [0, 0.1) is 5.92 Å². The summed E-state index contributed by atoms with van der Waals surface area (Å²) in [6.45, 7) is 9.48. The Morgan fingerprint density at radius 2 is 2.24 bits per heavy atom. The number of pyridine rings is 1. The summed E-state index contributed by atoms with van der Waals surface area (Å²) in [6.07, 6.45) is 8.69. The summed E-state index contributed by atoms with van der Waals surface area (Å²) >= 11 is 0. The van der Waals surface area contributed by atoms with Crippen LogP contribution in [-0.4, -0.2) is 26.7 Å². The van der Waals surface area contributed by atoms with Gasteiger partial charge in [0.15, 0.2) is 5.65 Å². The van der Waals surface area contributed by atoms with Gasteiger partial charge in [0, 0.05) is 24.5 Å². The van der Waals surface area contributed by atoms with Crippen LogP contribution in [0.1, 0.15) is 58.4 Å². The zero-order valence-electron chi connectivity index (χ0n) is 15.3. The third-order valence-electron chi connectivity index (χ3n) is 5.51. The van der Waals surface area contributed by atoms with Crippen LogP contribution < -0.4 is 5.32 Å². The van der Waals surface area contributed by atoms with Crippen LogP contribution in [-0.2, 0) is 4.74 Å². The number of anilines is 1. The third kappa shape index (κ3) is 3.43. The maximum absolute atomic E-state index is 5.83. The molecule has 5 nitrogen and oxygen atoms in total. The lowest BCUT2D eigenvalue weighted by Gasteiger charge is -2.36. The van der Waals surface area contributed by atoms with Crippen molar-refractivity contribution in [1.29, 1.82) is 0 Å². The molecule has 0 aromatic carbocycles. The minimum atomic E-state index is -0.0216. The molecular weight excluding hydrogens is 312 g/mol. The third-order valence-corrected chi connectivity index (χ3v) is 5.51. The lowest BCUT2D eigenvalue weighted by atomic mass is 9.85. The number of aromatic nitrogens is 3. The number of ether oxygens (including phenoxy) is 1. The molecule has 4 rings (SSSR count). The molecule has 5 heteroatoms. The number of nitrogens with zero attached hydrogens (tertiary/aromatic N) is 3. The van der Waals surface area contributed by atoms with Crippen molar-refractivity contribution >= 4 is 17.1 Å². The Balaban J connectivity index is 1.51. The Morgan fingerprint density at radius 3 is 2.96 bits per heavy atom. The first-order valence-corrected chi connectivity index (χ1v) is 9.43. The van der Waals surface area contributed by atoms with Gasteiger partial charge >= 0.3 is 0 Å². The van der Waals surface area contributed by atoms with Gasteiger partial charge in [-0.3, -0.25) is 4.57 Å². The summed E-state index contributed by atoms with van der Waals surface area (Å²) in [5.74, 6) is 1.51. The summed E-state index contributed by atoms with van der Waals surface area (Å²) in [5, 5.41) is 3.50. The summed E-state index contributed by atoms with van der Waals surface area (Å²) in [5.41, 5.74) is 2.96. The fourth-order valence-electron chi connectivity index (χ4n) is 4.10. The molecule has 0 radical (unpaired) electrons. The molecule has 134 valence electrons. The molecule has 1 aliphatic heterocycles. The molecule has 2 aliphatic rings. The van der Waals surface area contributed by atoms with Crippen molar-refractivity contribution in [3.05, 3.63) is 30.6 Å². The van der Waals surface area contributed by atoms with Gasteiger partial charge < -0.3 is 10.1 Å². The van der Waals surface area contributed by atoms with Crippen LogP contribution in [0.15, 0.2) is 30.6 Å². The second kappa shape index (κ2) is 6.45. The average Bonchev–Trinajstić information content (AvgIpc) is 2.83. The molecule has 0 spiro atoms. The van der Waals surface area contributed by atoms with Crippen molar-refractivity contribution in [2.45, 2.75) is 64.0 Å². The predicted octanol–water partition coefficient (Wildman–Crippen LogP) is 4.68. The molecule has 1 N–H and O–H groups in total. The van der Waals surface area contributed by atoms with E-state index in [-0.39, 0.29) is 5.60 Å². The number of imidazole rings is 1. The number of hydrogen-bond donors (Lipinski definition) is 1. The van der Waals surface area contributed by atoms with E-state index in [2.05, 4.69) is 35.3 Å². The largest absolute Gasteiger partial charge is 0.376 e. The molecule has 2 fully saturated rings. The van der Waals surface area contributed by atoms with Crippen molar-refractivity contribution in [3.8, 4) is 0 Å². The van der Waals surface area contributed by atoms with Crippen LogP contribution in [0.25, 0.3) is 11.2 Å². The molecular formula is C20H28N4O. The number of allylic oxidation sites excluding steroid dienone is 1. The van der Waals surface area contributed by atoms with Crippen molar-refractivity contribution in [2.24, 2.45) is 5.92 Å². The molecule has 0 bridgehead atoms. The van der Waals surface area contributed by atoms with Crippen LogP contribution in [0.5, 0.6) is 0 Å². The number of hydrogen-bond acceptors (Lipinski definition) is 4. The quantitative estimate of drug-likeness (QED) is 0.859. The van der Waals surface area contributed by atoms with Crippen molar-refractivity contribution in [1.82, 2.24) is 14.5 Å². The fraction of sp³-hybridized carbons (Fsp3) is 0.600. The second-order valence-electron chi connectivity index (χ2n) is 8.14. The summed E-state index contributed by atoms with van der Waals surface area (Å²) < 4.78 is 8.11. The van der Waals surface area contributed by atoms with E-state index >= 15 is 0 Å². The molecule has 3 heterocycles. The van der Waals surface area contributed by atoms with Crippen molar-refractivity contribution < 1.29 is 4.74 Å². The summed E-state index contributed by atoms with van der Waals surface area (Å²) in [4.78, 5) is 9.34. The normalized spacial score (nSPS) is 23.4. The van der Waals surface area contributed by atoms with E-state index in [1.54, 1.807) is 0 Å². The maximum atomic E-state index is 5.83. The first kappa shape index (κ1) is 16.6. The van der Waals surface area contributed by atoms with Crippen molar-refractivity contribution in [3.63, 3.8) is 0 Å². The number of fused-ring (bicyclic) bond motifs is 1. The van der Waals surface area contributed by atoms with Gasteiger partial charge in [0.25, 0.3) is 0 Å². The van der Waals surface area contributed by atoms with E-state index in [0.29, 0.717) is 12.0 Å². The highest BCUT2D eigenvalue weighted by molar-refractivity contribution is 5.75. The lowest BCUT2D eigenvalue weighted by molar-refractivity contribution is -0.0720. The zero-order chi connectivity index (χ0) is 17.4. The van der Waals surface area contributed by atoms with Gasteiger partial charge in [-0.05, 0) is 70.4 Å². The van der Waals surface area contributed by atoms with E-state index in [1.165, 1.54) is 19.3 Å². The number of rotatable bonds is 5. The minimum absolute atomic E-state index is 0.0216. The van der Waals surface area contributed by atoms with Gasteiger partial charge in [0.1, 0.15) is 5.52 Å². The van der Waals surface area contributed by atoms with E-state index in [4.69, 9.17) is 9.72 Å². The van der Waals surface area contributed by atoms with Gasteiger partial charge in [-0.2, -0.15) is 0 Å². The molecule has 0 amide bonds. The van der Waals surface area contributed by atoms with Crippen LogP contribution >= 0.6 is 0 Å². The van der Waals surface area contributed by atoms with Crippen LogP contribution in [0.3, 0.4) is 0 Å². The Labute approximate surface area is 149 Å². The number of nitrogens with one attached hydrogen (secondary N) is 1. The topological polar surface area (TPSA) is 52.0 Å². The van der Waals surface area contributed by atoms with Gasteiger partial charge in [0.05, 0.1) is 5.60 Å². The van der Waals surface area contributed by atoms with Gasteiger partial charge in [0.2, 0.25) is 5.95 Å². The first-order valence-electron chi connectivity index (χ1n) is 9.43. The zero-order valence-corrected chi connectivity index (χ0v) is 15.3. The summed E-state index contributed by atoms with van der Waals surface area (Å²) in [6, 6.07) is 4.49. The SMILES string of the molecule is C=C(CC1CCOC(C)(C)C1)Nc1nc2cccnc2n1C1CCC1. The van der Waals surface area contributed by atoms with E-state index in [9.17, 15) is 0 Å². The Morgan fingerprint density at radius 1 is 1.40 bits per heavy atom. The molecule has 2 aromatic rings. The monoisotopic (exact) mass is 340 g/mol. The highest BCUT2D eigenvalue weighted by atomic mass is 16.5. The smallest absolute Gasteiger partial charge is 0.209 e. The highest BCUT2D eigenvalue weighted by Gasteiger charge is 2.30. The van der Waals surface area contributed by atoms with Crippen LogP contribution in [0.2, 0.25) is 0 Å². The Kier molecular flexibility index (Phi) is 4.28. The van der Waals surface area contributed by atoms with E-state index < -0.39 is 0 Å². The molecule has 25 heavy (non-hydrogen) atoms. The van der Waals surface area contributed by atoms with Gasteiger partial charge in [-0.1, -0.05) is 6.58 Å². The maximum Gasteiger partial charge on any atom is 0.209 e. The van der Waals surface area contributed by atoms with Gasteiger partial charge in [-0.25, -0.2) is 9.97 Å². The average molecular weight is 340 g/mol. The Bertz CT molecular complexity index is 775. The van der Waals surface area contributed by atoms with E-state index in [0.717, 1.165) is 48.7 Å². The van der Waals surface area contributed by atoms with Crippen molar-refractivity contribution in [2.75, 3.05) is 11.9 Å². The standard InChI is InChI=1S/C20H28N4O/c1-14(12-15-9-11-25-20(2,3)13-15)22-19-23-17-8-5-10-21-18(17)24(19)16-6-4-7-16/h5,8,10,15-16H,1,4,6-7,9,11-13H2,2-3H3,(H,22,23). The molecule has 1 atom stereocenters. The lowest BCUT2D eigenvalue weighted by Crippen LogP contribution is -2.34. The second-order valence-corrected chi connectivity index (χ2v) is 8.14. The highest BCUT2D eigenvalue weighted by Crippen LogP contribution is 2.37. The molecule has 1 unspecified atom stereocenters. The molecule has 2 aromatic heterocycles.